The summed E-state index contributed by atoms with van der Waals surface area (Å²) in [6, 6.07) is 0. The summed E-state index contributed by atoms with van der Waals surface area (Å²) < 4.78 is 16.9. The summed E-state index contributed by atoms with van der Waals surface area (Å²) in [6.07, 6.45) is 75.3. The van der Waals surface area contributed by atoms with Crippen LogP contribution >= 0.6 is 0 Å². The van der Waals surface area contributed by atoms with Crippen LogP contribution in [0.15, 0.2) is 12.2 Å². The molecule has 6 nitrogen and oxygen atoms in total. The molecule has 0 N–H and O–H groups in total. The van der Waals surface area contributed by atoms with Crippen molar-refractivity contribution in [3.05, 3.63) is 12.2 Å². The Morgan fingerprint density at radius 3 is 0.676 bits per heavy atom. The molecular formula is C68H130O6. The van der Waals surface area contributed by atoms with Gasteiger partial charge in [-0.15, -0.1) is 0 Å². The fourth-order valence-corrected chi connectivity index (χ4v) is 10.4. The zero-order valence-corrected chi connectivity index (χ0v) is 50.4. The minimum absolute atomic E-state index is 0.0630. The zero-order valence-electron chi connectivity index (χ0n) is 50.4. The van der Waals surface area contributed by atoms with Gasteiger partial charge in [0, 0.05) is 19.3 Å². The maximum Gasteiger partial charge on any atom is 0.306 e. The number of hydrogen-bond acceptors (Lipinski definition) is 6. The third kappa shape index (κ3) is 61.0. The first kappa shape index (κ1) is 72.2. The highest BCUT2D eigenvalue weighted by Crippen LogP contribution is 2.18. The van der Waals surface area contributed by atoms with Gasteiger partial charge in [0.05, 0.1) is 0 Å². The van der Waals surface area contributed by atoms with E-state index in [9.17, 15) is 14.4 Å². The maximum atomic E-state index is 12.9. The molecule has 0 aromatic heterocycles. The van der Waals surface area contributed by atoms with Crippen LogP contribution in [0, 0.1) is 0 Å². The summed E-state index contributed by atoms with van der Waals surface area (Å²) in [4.78, 5) is 38.2. The van der Waals surface area contributed by atoms with Gasteiger partial charge in [-0.05, 0) is 44.9 Å². The smallest absolute Gasteiger partial charge is 0.306 e. The first-order chi connectivity index (χ1) is 36.5. The van der Waals surface area contributed by atoms with E-state index < -0.39 is 6.10 Å². The molecule has 0 radical (unpaired) electrons. The van der Waals surface area contributed by atoms with Crippen LogP contribution in [0.1, 0.15) is 387 Å². The van der Waals surface area contributed by atoms with Gasteiger partial charge in [0.1, 0.15) is 13.2 Å². The molecule has 1 unspecified atom stereocenters. The van der Waals surface area contributed by atoms with E-state index in [1.807, 2.05) is 0 Å². The number of carbonyl (C=O) groups excluding carboxylic acids is 3. The van der Waals surface area contributed by atoms with Crippen LogP contribution in [0.2, 0.25) is 0 Å². The van der Waals surface area contributed by atoms with Crippen LogP contribution in [0.3, 0.4) is 0 Å². The van der Waals surface area contributed by atoms with E-state index >= 15 is 0 Å². The molecule has 0 aromatic rings. The fraction of sp³-hybridized carbons (Fsp3) is 0.926. The van der Waals surface area contributed by atoms with Gasteiger partial charge < -0.3 is 14.2 Å². The van der Waals surface area contributed by atoms with E-state index in [2.05, 4.69) is 32.9 Å². The van der Waals surface area contributed by atoms with Gasteiger partial charge in [0.15, 0.2) is 6.10 Å². The van der Waals surface area contributed by atoms with Crippen LogP contribution < -0.4 is 0 Å². The Labute approximate surface area is 462 Å². The molecule has 0 rings (SSSR count). The standard InChI is InChI=1S/C68H130O6/c1-4-7-10-13-16-19-21-23-25-27-29-31-32-33-34-35-36-37-39-40-42-44-46-49-52-55-58-61-67(70)73-64-65(63-72-66(69)60-57-54-51-48-18-15-12-9-6-3)74-68(71)62-59-56-53-50-47-45-43-41-38-30-28-26-24-22-20-17-14-11-8-5-2/h27,29,65H,4-26,28,30-64H2,1-3H3/b29-27-. The van der Waals surface area contributed by atoms with E-state index in [0.717, 1.165) is 57.8 Å². The minimum atomic E-state index is -0.764. The molecule has 0 heterocycles. The molecule has 438 valence electrons. The lowest BCUT2D eigenvalue weighted by Crippen LogP contribution is -2.30. The van der Waals surface area contributed by atoms with Crippen LogP contribution in [-0.4, -0.2) is 37.2 Å². The van der Waals surface area contributed by atoms with Crippen molar-refractivity contribution in [2.75, 3.05) is 13.2 Å². The van der Waals surface area contributed by atoms with Crippen molar-refractivity contribution in [3.8, 4) is 0 Å². The van der Waals surface area contributed by atoms with E-state index in [1.54, 1.807) is 0 Å². The Morgan fingerprint density at radius 1 is 0.257 bits per heavy atom. The lowest BCUT2D eigenvalue weighted by Gasteiger charge is -2.18. The molecule has 0 aliphatic heterocycles. The molecule has 0 aliphatic carbocycles. The molecule has 0 fully saturated rings. The van der Waals surface area contributed by atoms with E-state index in [1.165, 1.54) is 289 Å². The highest BCUT2D eigenvalue weighted by molar-refractivity contribution is 5.71. The molecule has 0 aliphatic rings. The quantitative estimate of drug-likeness (QED) is 0.0261. The number of rotatable bonds is 63. The van der Waals surface area contributed by atoms with Crippen LogP contribution in [0.5, 0.6) is 0 Å². The Balaban J connectivity index is 4.10. The van der Waals surface area contributed by atoms with Gasteiger partial charge in [0.25, 0.3) is 0 Å². The SMILES string of the molecule is CCCCCCCCCC/C=C\CCCCCCCCCCCCCCCCCC(=O)OCC(COC(=O)CCCCCCCCCCC)OC(=O)CCCCCCCCCCCCCCCCCCCCCC. The van der Waals surface area contributed by atoms with Crippen molar-refractivity contribution in [2.24, 2.45) is 0 Å². The summed E-state index contributed by atoms with van der Waals surface area (Å²) in [5.41, 5.74) is 0. The van der Waals surface area contributed by atoms with Crippen molar-refractivity contribution in [2.45, 2.75) is 393 Å². The third-order valence-corrected chi connectivity index (χ3v) is 15.5. The van der Waals surface area contributed by atoms with Gasteiger partial charge in [-0.1, -0.05) is 335 Å². The van der Waals surface area contributed by atoms with E-state index in [0.29, 0.717) is 19.3 Å². The second-order valence-electron chi connectivity index (χ2n) is 23.1. The monoisotopic (exact) mass is 1040 g/mol. The molecule has 0 saturated heterocycles. The van der Waals surface area contributed by atoms with Crippen molar-refractivity contribution >= 4 is 17.9 Å². The first-order valence-electron chi connectivity index (χ1n) is 33.7. The number of hydrogen-bond donors (Lipinski definition) is 0. The highest BCUT2D eigenvalue weighted by atomic mass is 16.6. The summed E-state index contributed by atoms with van der Waals surface area (Å²) in [5.74, 6) is -0.835. The lowest BCUT2D eigenvalue weighted by molar-refractivity contribution is -0.167. The molecule has 0 aromatic carbocycles. The van der Waals surface area contributed by atoms with Gasteiger partial charge >= 0.3 is 17.9 Å². The maximum absolute atomic E-state index is 12.9. The van der Waals surface area contributed by atoms with E-state index in [-0.39, 0.29) is 31.1 Å². The Hall–Kier alpha value is -1.85. The normalized spacial score (nSPS) is 12.0. The van der Waals surface area contributed by atoms with E-state index in [4.69, 9.17) is 14.2 Å². The number of esters is 3. The average Bonchev–Trinajstić information content (AvgIpc) is 3.40. The third-order valence-electron chi connectivity index (χ3n) is 15.5. The fourth-order valence-electron chi connectivity index (χ4n) is 10.4. The summed E-state index contributed by atoms with van der Waals surface area (Å²) in [5, 5.41) is 0. The Morgan fingerprint density at radius 2 is 0.446 bits per heavy atom. The van der Waals surface area contributed by atoms with Gasteiger partial charge in [-0.3, -0.25) is 14.4 Å². The van der Waals surface area contributed by atoms with Crippen molar-refractivity contribution in [1.82, 2.24) is 0 Å². The first-order valence-corrected chi connectivity index (χ1v) is 33.7. The van der Waals surface area contributed by atoms with Crippen molar-refractivity contribution in [3.63, 3.8) is 0 Å². The van der Waals surface area contributed by atoms with Crippen LogP contribution in [0.4, 0.5) is 0 Å². The molecule has 0 amide bonds. The largest absolute Gasteiger partial charge is 0.462 e. The number of allylic oxidation sites excluding steroid dienone is 2. The molecule has 0 saturated carbocycles. The van der Waals surface area contributed by atoms with Crippen LogP contribution in [0.25, 0.3) is 0 Å². The summed E-state index contributed by atoms with van der Waals surface area (Å²) in [7, 11) is 0. The second kappa shape index (κ2) is 63.7. The molecular weight excluding hydrogens is 913 g/mol. The molecule has 6 heteroatoms. The number of unbranched alkanes of at least 4 members (excludes halogenated alkanes) is 50. The number of ether oxygens (including phenoxy) is 3. The van der Waals surface area contributed by atoms with Gasteiger partial charge in [-0.2, -0.15) is 0 Å². The highest BCUT2D eigenvalue weighted by Gasteiger charge is 2.19. The van der Waals surface area contributed by atoms with Gasteiger partial charge in [0.2, 0.25) is 0 Å². The molecule has 0 spiro atoms. The minimum Gasteiger partial charge on any atom is -0.462 e. The summed E-state index contributed by atoms with van der Waals surface area (Å²) in [6.45, 7) is 6.70. The van der Waals surface area contributed by atoms with Crippen molar-refractivity contribution < 1.29 is 28.6 Å². The Bertz CT molecular complexity index is 1150. The predicted octanol–water partition coefficient (Wildman–Crippen LogP) is 22.8. The second-order valence-corrected chi connectivity index (χ2v) is 23.1. The van der Waals surface area contributed by atoms with Crippen LogP contribution in [-0.2, 0) is 28.6 Å². The molecule has 0 bridgehead atoms. The lowest BCUT2D eigenvalue weighted by atomic mass is 10.0. The average molecular weight is 1040 g/mol. The van der Waals surface area contributed by atoms with Gasteiger partial charge in [-0.25, -0.2) is 0 Å². The zero-order chi connectivity index (χ0) is 53.6. The predicted molar refractivity (Wildman–Crippen MR) is 321 cm³/mol. The summed E-state index contributed by atoms with van der Waals surface area (Å²) >= 11 is 0. The molecule has 1 atom stereocenters. The van der Waals surface area contributed by atoms with Crippen molar-refractivity contribution in [1.29, 1.82) is 0 Å². The molecule has 74 heavy (non-hydrogen) atoms. The topological polar surface area (TPSA) is 78.9 Å². The number of carbonyl (C=O) groups is 3. The Kier molecular flexibility index (Phi) is 62.1.